The Balaban J connectivity index is 2.36. The number of fused-ring (bicyclic) bond motifs is 1. The molecule has 6 heteroatoms. The molecule has 0 saturated carbocycles. The van der Waals surface area contributed by atoms with Crippen molar-refractivity contribution in [2.75, 3.05) is 0 Å². The Bertz CT molecular complexity index is 768. The van der Waals surface area contributed by atoms with Crippen molar-refractivity contribution in [3.05, 3.63) is 53.4 Å². The zero-order chi connectivity index (χ0) is 13.4. The first kappa shape index (κ1) is 11.7. The predicted molar refractivity (Wildman–Crippen MR) is 70.8 cm³/mol. The van der Waals surface area contributed by atoms with E-state index in [1.165, 1.54) is 6.20 Å². The highest BCUT2D eigenvalue weighted by Crippen LogP contribution is 2.26. The Hall–Kier alpha value is -2.40. The summed E-state index contributed by atoms with van der Waals surface area (Å²) in [5, 5.41) is 10.4. The molecule has 0 amide bonds. The first-order chi connectivity index (χ1) is 9.16. The highest BCUT2D eigenvalue weighted by molar-refractivity contribution is 6.31. The fraction of sp³-hybridized carbons (Fsp3) is 0. The molecule has 5 nitrogen and oxygen atoms in total. The summed E-state index contributed by atoms with van der Waals surface area (Å²) in [4.78, 5) is 19.5. The van der Waals surface area contributed by atoms with Gasteiger partial charge in [-0.2, -0.15) is 0 Å². The molecule has 0 aliphatic heterocycles. The quantitative estimate of drug-likeness (QED) is 0.779. The number of carboxylic acid groups (broad SMARTS) is 1. The Labute approximate surface area is 113 Å². The summed E-state index contributed by atoms with van der Waals surface area (Å²) in [6.45, 7) is 0. The van der Waals surface area contributed by atoms with Crippen molar-refractivity contribution in [1.82, 2.24) is 14.5 Å². The summed E-state index contributed by atoms with van der Waals surface area (Å²) in [5.41, 5.74) is 0.857. The first-order valence-electron chi connectivity index (χ1n) is 5.48. The van der Waals surface area contributed by atoms with Gasteiger partial charge in [-0.3, -0.25) is 4.57 Å². The molecular formula is C13H8ClN3O2. The Morgan fingerprint density at radius 2 is 2.00 bits per heavy atom. The van der Waals surface area contributed by atoms with Crippen LogP contribution in [0.3, 0.4) is 0 Å². The SMILES string of the molecule is O=C(O)c1cn(-c2ncccn2)c2cc(Cl)ccc12. The molecule has 0 atom stereocenters. The van der Waals surface area contributed by atoms with Crippen molar-refractivity contribution in [3.8, 4) is 5.95 Å². The van der Waals surface area contributed by atoms with Crippen molar-refractivity contribution >= 4 is 28.5 Å². The smallest absolute Gasteiger partial charge is 0.337 e. The highest BCUT2D eigenvalue weighted by atomic mass is 35.5. The summed E-state index contributed by atoms with van der Waals surface area (Å²) < 4.78 is 1.62. The van der Waals surface area contributed by atoms with Gasteiger partial charge < -0.3 is 5.11 Å². The van der Waals surface area contributed by atoms with E-state index in [0.717, 1.165) is 0 Å². The van der Waals surface area contributed by atoms with Crippen LogP contribution in [0.1, 0.15) is 10.4 Å². The van der Waals surface area contributed by atoms with Crippen LogP contribution >= 0.6 is 11.6 Å². The Morgan fingerprint density at radius 1 is 1.26 bits per heavy atom. The number of hydrogen-bond donors (Lipinski definition) is 1. The standard InChI is InChI=1S/C13H8ClN3O2/c14-8-2-3-9-10(12(18)19)7-17(11(9)6-8)13-15-4-1-5-16-13/h1-7H,(H,18,19). The van der Waals surface area contributed by atoms with Crippen molar-refractivity contribution in [1.29, 1.82) is 0 Å². The molecule has 0 fully saturated rings. The van der Waals surface area contributed by atoms with Gasteiger partial charge in [-0.25, -0.2) is 14.8 Å². The molecular weight excluding hydrogens is 266 g/mol. The lowest BCUT2D eigenvalue weighted by Gasteiger charge is -2.02. The van der Waals surface area contributed by atoms with Crippen LogP contribution in [-0.4, -0.2) is 25.6 Å². The van der Waals surface area contributed by atoms with Crippen molar-refractivity contribution < 1.29 is 9.90 Å². The summed E-state index contributed by atoms with van der Waals surface area (Å²) >= 11 is 5.97. The van der Waals surface area contributed by atoms with Gasteiger partial charge in [-0.1, -0.05) is 17.7 Å². The van der Waals surface area contributed by atoms with Crippen LogP contribution in [0.4, 0.5) is 0 Å². The molecule has 1 N–H and O–H groups in total. The van der Waals surface area contributed by atoms with E-state index in [-0.39, 0.29) is 5.56 Å². The molecule has 0 saturated heterocycles. The van der Waals surface area contributed by atoms with Crippen LogP contribution < -0.4 is 0 Å². The lowest BCUT2D eigenvalue weighted by Crippen LogP contribution is -1.99. The molecule has 0 aliphatic rings. The molecule has 0 spiro atoms. The van der Waals surface area contributed by atoms with Gasteiger partial charge in [0.2, 0.25) is 5.95 Å². The number of aromatic carboxylic acids is 1. The van der Waals surface area contributed by atoms with Crippen LogP contribution in [0.25, 0.3) is 16.9 Å². The van der Waals surface area contributed by atoms with Gasteiger partial charge in [0.05, 0.1) is 11.1 Å². The van der Waals surface area contributed by atoms with Gasteiger partial charge in [-0.15, -0.1) is 0 Å². The second-order valence-electron chi connectivity index (χ2n) is 3.93. The van der Waals surface area contributed by atoms with E-state index in [0.29, 0.717) is 21.9 Å². The van der Waals surface area contributed by atoms with Gasteiger partial charge in [0, 0.05) is 29.0 Å². The second kappa shape index (κ2) is 4.37. The number of halogens is 1. The highest BCUT2D eigenvalue weighted by Gasteiger charge is 2.16. The van der Waals surface area contributed by atoms with E-state index in [4.69, 9.17) is 11.6 Å². The van der Waals surface area contributed by atoms with E-state index in [1.54, 1.807) is 41.2 Å². The van der Waals surface area contributed by atoms with Crippen LogP contribution in [0.5, 0.6) is 0 Å². The summed E-state index contributed by atoms with van der Waals surface area (Å²) in [6.07, 6.45) is 4.69. The topological polar surface area (TPSA) is 68.0 Å². The lowest BCUT2D eigenvalue weighted by molar-refractivity contribution is 0.0699. The third-order valence-electron chi connectivity index (χ3n) is 2.77. The Kier molecular flexibility index (Phi) is 2.68. The molecule has 19 heavy (non-hydrogen) atoms. The molecule has 0 radical (unpaired) electrons. The zero-order valence-electron chi connectivity index (χ0n) is 9.62. The summed E-state index contributed by atoms with van der Waals surface area (Å²) in [5.74, 6) is -0.593. The summed E-state index contributed by atoms with van der Waals surface area (Å²) in [6, 6.07) is 6.73. The minimum atomic E-state index is -0.998. The average molecular weight is 274 g/mol. The summed E-state index contributed by atoms with van der Waals surface area (Å²) in [7, 11) is 0. The zero-order valence-corrected chi connectivity index (χ0v) is 10.4. The molecule has 0 aliphatic carbocycles. The second-order valence-corrected chi connectivity index (χ2v) is 4.36. The number of rotatable bonds is 2. The third-order valence-corrected chi connectivity index (χ3v) is 3.00. The number of nitrogens with zero attached hydrogens (tertiary/aromatic N) is 3. The molecule has 2 aromatic heterocycles. The maximum absolute atomic E-state index is 11.3. The predicted octanol–water partition coefficient (Wildman–Crippen LogP) is 2.77. The maximum atomic E-state index is 11.3. The van der Waals surface area contributed by atoms with Crippen molar-refractivity contribution in [2.24, 2.45) is 0 Å². The normalized spacial score (nSPS) is 10.8. The minimum absolute atomic E-state index is 0.194. The molecule has 1 aromatic carbocycles. The van der Waals surface area contributed by atoms with Gasteiger partial charge >= 0.3 is 5.97 Å². The number of carboxylic acids is 1. The largest absolute Gasteiger partial charge is 0.478 e. The van der Waals surface area contributed by atoms with Crippen LogP contribution in [0, 0.1) is 0 Å². The molecule has 0 bridgehead atoms. The van der Waals surface area contributed by atoms with E-state index in [2.05, 4.69) is 9.97 Å². The van der Waals surface area contributed by atoms with E-state index < -0.39 is 5.97 Å². The maximum Gasteiger partial charge on any atom is 0.337 e. The number of aromatic nitrogens is 3. The molecule has 2 heterocycles. The first-order valence-corrected chi connectivity index (χ1v) is 5.86. The molecule has 3 rings (SSSR count). The fourth-order valence-corrected chi connectivity index (χ4v) is 2.12. The van der Waals surface area contributed by atoms with Crippen molar-refractivity contribution in [2.45, 2.75) is 0 Å². The number of hydrogen-bond acceptors (Lipinski definition) is 3. The van der Waals surface area contributed by atoms with Gasteiger partial charge in [0.15, 0.2) is 0 Å². The van der Waals surface area contributed by atoms with Crippen LogP contribution in [-0.2, 0) is 0 Å². The van der Waals surface area contributed by atoms with E-state index >= 15 is 0 Å². The third kappa shape index (κ3) is 1.94. The van der Waals surface area contributed by atoms with Crippen LogP contribution in [0.2, 0.25) is 5.02 Å². The lowest BCUT2D eigenvalue weighted by atomic mass is 10.2. The average Bonchev–Trinajstić information content (AvgIpc) is 2.78. The minimum Gasteiger partial charge on any atom is -0.478 e. The van der Waals surface area contributed by atoms with E-state index in [9.17, 15) is 9.90 Å². The Morgan fingerprint density at radius 3 is 2.68 bits per heavy atom. The molecule has 0 unspecified atom stereocenters. The van der Waals surface area contributed by atoms with E-state index in [1.807, 2.05) is 0 Å². The van der Waals surface area contributed by atoms with Crippen LogP contribution in [0.15, 0.2) is 42.9 Å². The number of carbonyl (C=O) groups is 1. The van der Waals surface area contributed by atoms with Gasteiger partial charge in [0.1, 0.15) is 0 Å². The number of benzene rings is 1. The molecule has 94 valence electrons. The van der Waals surface area contributed by atoms with Gasteiger partial charge in [-0.05, 0) is 18.2 Å². The monoisotopic (exact) mass is 273 g/mol. The fourth-order valence-electron chi connectivity index (χ4n) is 1.95. The van der Waals surface area contributed by atoms with Crippen molar-refractivity contribution in [3.63, 3.8) is 0 Å². The molecule has 3 aromatic rings. The van der Waals surface area contributed by atoms with Gasteiger partial charge in [0.25, 0.3) is 0 Å².